The van der Waals surface area contributed by atoms with Gasteiger partial charge < -0.3 is 33.9 Å². The standard InChI is InChI=1S/C20H16O9/c1-25-11-4-3-10-14(16(11)26-2)19(24)29-20(10)17(22)9-6-13-12(27-7-28-13)5-8(9)15(21)18(20)23/h3-6,15,18,21,23H,7H2,1-2H3/t15-,18-,20+/m0/s1. The van der Waals surface area contributed by atoms with Crippen LogP contribution < -0.4 is 18.9 Å². The maximum atomic E-state index is 13.5. The molecule has 9 heteroatoms. The molecule has 0 radical (unpaired) electrons. The molecule has 0 saturated carbocycles. The summed E-state index contributed by atoms with van der Waals surface area (Å²) in [6.45, 7) is -0.0228. The van der Waals surface area contributed by atoms with Crippen LogP contribution in [-0.2, 0) is 10.3 Å². The Balaban J connectivity index is 1.76. The fourth-order valence-electron chi connectivity index (χ4n) is 4.21. The predicted octanol–water partition coefficient (Wildman–Crippen LogP) is 1.09. The van der Waals surface area contributed by atoms with Crippen LogP contribution >= 0.6 is 0 Å². The average Bonchev–Trinajstić information content (AvgIpc) is 3.31. The summed E-state index contributed by atoms with van der Waals surface area (Å²) in [4.78, 5) is 26.3. The molecule has 2 aromatic rings. The number of aliphatic hydroxyl groups excluding tert-OH is 2. The zero-order chi connectivity index (χ0) is 20.5. The molecule has 2 heterocycles. The van der Waals surface area contributed by atoms with Crippen molar-refractivity contribution in [1.29, 1.82) is 0 Å². The molecule has 0 fully saturated rings. The third-order valence-corrected chi connectivity index (χ3v) is 5.56. The average molecular weight is 400 g/mol. The number of hydrogen-bond acceptors (Lipinski definition) is 9. The number of Topliss-reactive ketones (excluding diaryl/α,β-unsaturated/α-hetero) is 1. The summed E-state index contributed by atoms with van der Waals surface area (Å²) < 4.78 is 26.6. The third-order valence-electron chi connectivity index (χ3n) is 5.56. The summed E-state index contributed by atoms with van der Waals surface area (Å²) in [7, 11) is 2.75. The Morgan fingerprint density at radius 1 is 1.07 bits per heavy atom. The van der Waals surface area contributed by atoms with Crippen molar-refractivity contribution in [3.05, 3.63) is 46.5 Å². The fraction of sp³-hybridized carbons (Fsp3) is 0.300. The van der Waals surface area contributed by atoms with Crippen LogP contribution in [-0.4, -0.2) is 49.1 Å². The second-order valence-electron chi connectivity index (χ2n) is 6.86. The van der Waals surface area contributed by atoms with Gasteiger partial charge >= 0.3 is 5.97 Å². The first kappa shape index (κ1) is 17.8. The van der Waals surface area contributed by atoms with Gasteiger partial charge in [0, 0.05) is 11.1 Å². The highest BCUT2D eigenvalue weighted by Crippen LogP contribution is 2.53. The van der Waals surface area contributed by atoms with Gasteiger partial charge in [-0.15, -0.1) is 0 Å². The van der Waals surface area contributed by atoms with Crippen molar-refractivity contribution in [2.45, 2.75) is 17.8 Å². The molecule has 9 nitrogen and oxygen atoms in total. The minimum Gasteiger partial charge on any atom is -0.493 e. The Morgan fingerprint density at radius 3 is 2.48 bits per heavy atom. The highest BCUT2D eigenvalue weighted by Gasteiger charge is 2.63. The van der Waals surface area contributed by atoms with Gasteiger partial charge in [-0.2, -0.15) is 0 Å². The predicted molar refractivity (Wildman–Crippen MR) is 94.5 cm³/mol. The molecule has 150 valence electrons. The number of methoxy groups -OCH3 is 2. The second-order valence-corrected chi connectivity index (χ2v) is 6.86. The van der Waals surface area contributed by atoms with Gasteiger partial charge in [-0.25, -0.2) is 4.79 Å². The molecule has 0 saturated heterocycles. The largest absolute Gasteiger partial charge is 0.493 e. The summed E-state index contributed by atoms with van der Waals surface area (Å²) in [5, 5.41) is 21.8. The first-order chi connectivity index (χ1) is 13.9. The zero-order valence-corrected chi connectivity index (χ0v) is 15.4. The van der Waals surface area contributed by atoms with Crippen LogP contribution in [0.4, 0.5) is 0 Å². The van der Waals surface area contributed by atoms with E-state index >= 15 is 0 Å². The number of hydrogen-bond donors (Lipinski definition) is 2. The van der Waals surface area contributed by atoms with Gasteiger partial charge in [0.1, 0.15) is 17.8 Å². The minimum atomic E-state index is -2.12. The molecule has 3 aliphatic rings. The molecule has 1 aliphatic carbocycles. The number of carbonyl (C=O) groups is 2. The molecule has 2 aliphatic heterocycles. The van der Waals surface area contributed by atoms with Crippen LogP contribution in [0.15, 0.2) is 24.3 Å². The topological polar surface area (TPSA) is 121 Å². The minimum absolute atomic E-state index is 0.0228. The van der Waals surface area contributed by atoms with Gasteiger partial charge in [0.25, 0.3) is 0 Å². The van der Waals surface area contributed by atoms with Crippen molar-refractivity contribution in [3.63, 3.8) is 0 Å². The van der Waals surface area contributed by atoms with Gasteiger partial charge in [0.15, 0.2) is 23.0 Å². The van der Waals surface area contributed by atoms with Gasteiger partial charge in [-0.1, -0.05) is 0 Å². The fourth-order valence-corrected chi connectivity index (χ4v) is 4.21. The van der Waals surface area contributed by atoms with Crippen LogP contribution in [0.3, 0.4) is 0 Å². The Morgan fingerprint density at radius 2 is 1.79 bits per heavy atom. The van der Waals surface area contributed by atoms with E-state index in [1.807, 2.05) is 0 Å². The first-order valence-corrected chi connectivity index (χ1v) is 8.77. The van der Waals surface area contributed by atoms with E-state index in [1.165, 1.54) is 38.5 Å². The van der Waals surface area contributed by atoms with Gasteiger partial charge in [0.05, 0.1) is 14.2 Å². The normalized spacial score (nSPS) is 26.2. The van der Waals surface area contributed by atoms with Crippen LogP contribution in [0.5, 0.6) is 23.0 Å². The van der Waals surface area contributed by atoms with Crippen LogP contribution in [0.25, 0.3) is 0 Å². The molecule has 3 atom stereocenters. The molecular weight excluding hydrogens is 384 g/mol. The Kier molecular flexibility index (Phi) is 3.59. The quantitative estimate of drug-likeness (QED) is 0.714. The van der Waals surface area contributed by atoms with Gasteiger partial charge in [-0.3, -0.25) is 4.79 Å². The van der Waals surface area contributed by atoms with E-state index in [4.69, 9.17) is 23.7 Å². The number of fused-ring (bicyclic) bond motifs is 4. The molecule has 0 amide bonds. The SMILES string of the molecule is COc1ccc2c(c1OC)C(=O)O[C@@]21C(=O)c2cc3c(cc2[C@H](O)[C@@H]1O)OCO3. The lowest BCUT2D eigenvalue weighted by Crippen LogP contribution is -2.53. The lowest BCUT2D eigenvalue weighted by Gasteiger charge is -2.39. The summed E-state index contributed by atoms with van der Waals surface area (Å²) in [5.74, 6) is -0.510. The molecule has 0 aromatic heterocycles. The molecule has 2 aromatic carbocycles. The van der Waals surface area contributed by atoms with Gasteiger partial charge in [-0.05, 0) is 29.8 Å². The maximum Gasteiger partial charge on any atom is 0.343 e. The van der Waals surface area contributed by atoms with E-state index in [1.54, 1.807) is 0 Å². The highest BCUT2D eigenvalue weighted by atomic mass is 16.7. The van der Waals surface area contributed by atoms with E-state index in [2.05, 4.69) is 0 Å². The van der Waals surface area contributed by atoms with Crippen molar-refractivity contribution >= 4 is 11.8 Å². The summed E-state index contributed by atoms with van der Waals surface area (Å²) in [5.41, 5.74) is -1.81. The Labute approximate surface area is 164 Å². The number of carbonyl (C=O) groups excluding carboxylic acids is 2. The number of esters is 1. The van der Waals surface area contributed by atoms with Crippen molar-refractivity contribution < 1.29 is 43.5 Å². The number of rotatable bonds is 2. The molecule has 0 unspecified atom stereocenters. The molecule has 0 bridgehead atoms. The number of ether oxygens (including phenoxy) is 5. The lowest BCUT2D eigenvalue weighted by molar-refractivity contribution is -0.114. The first-order valence-electron chi connectivity index (χ1n) is 8.77. The van der Waals surface area contributed by atoms with E-state index < -0.39 is 29.6 Å². The summed E-state index contributed by atoms with van der Waals surface area (Å²) in [6.07, 6.45) is -3.25. The van der Waals surface area contributed by atoms with Crippen molar-refractivity contribution in [2.75, 3.05) is 21.0 Å². The number of ketones is 1. The van der Waals surface area contributed by atoms with Crippen LogP contribution in [0.1, 0.15) is 37.9 Å². The zero-order valence-electron chi connectivity index (χ0n) is 15.4. The smallest absolute Gasteiger partial charge is 0.343 e. The van der Waals surface area contributed by atoms with Crippen molar-refractivity contribution in [3.8, 4) is 23.0 Å². The third kappa shape index (κ3) is 2.05. The Bertz CT molecular complexity index is 1080. The Hall–Kier alpha value is -3.30. The molecule has 1 spiro atoms. The van der Waals surface area contributed by atoms with E-state index in [0.717, 1.165) is 0 Å². The molecule has 29 heavy (non-hydrogen) atoms. The van der Waals surface area contributed by atoms with Gasteiger partial charge in [0.2, 0.25) is 18.2 Å². The van der Waals surface area contributed by atoms with Crippen LogP contribution in [0.2, 0.25) is 0 Å². The monoisotopic (exact) mass is 400 g/mol. The summed E-state index contributed by atoms with van der Waals surface area (Å²) >= 11 is 0. The van der Waals surface area contributed by atoms with E-state index in [-0.39, 0.29) is 40.5 Å². The van der Waals surface area contributed by atoms with E-state index in [9.17, 15) is 19.8 Å². The maximum absolute atomic E-state index is 13.5. The number of aliphatic hydroxyl groups is 2. The highest BCUT2D eigenvalue weighted by molar-refractivity contribution is 6.13. The van der Waals surface area contributed by atoms with Crippen molar-refractivity contribution in [1.82, 2.24) is 0 Å². The van der Waals surface area contributed by atoms with Crippen LogP contribution in [0, 0.1) is 0 Å². The van der Waals surface area contributed by atoms with E-state index in [0.29, 0.717) is 11.5 Å². The second kappa shape index (κ2) is 5.85. The molecule has 5 rings (SSSR count). The molecular formula is C20H16O9. The lowest BCUT2D eigenvalue weighted by atomic mass is 9.71. The summed E-state index contributed by atoms with van der Waals surface area (Å²) in [6, 6.07) is 5.82. The molecule has 2 N–H and O–H groups in total. The number of benzene rings is 2. The van der Waals surface area contributed by atoms with Crippen molar-refractivity contribution in [2.24, 2.45) is 0 Å².